The number of nitrogens with one attached hydrogen (secondary N) is 2. The number of benzene rings is 2. The van der Waals surface area contributed by atoms with E-state index in [0.29, 0.717) is 17.2 Å². The van der Waals surface area contributed by atoms with Crippen LogP contribution in [0.1, 0.15) is 48.7 Å². The van der Waals surface area contributed by atoms with Crippen LogP contribution in [0.25, 0.3) is 0 Å². The third-order valence-electron chi connectivity index (χ3n) is 5.67. The van der Waals surface area contributed by atoms with Crippen molar-refractivity contribution >= 4 is 23.3 Å². The monoisotopic (exact) mass is 408 g/mol. The fourth-order valence-corrected chi connectivity index (χ4v) is 3.66. The van der Waals surface area contributed by atoms with Gasteiger partial charge < -0.3 is 20.4 Å². The molecule has 0 aromatic heterocycles. The fraction of sp³-hybridized carbons (Fsp3) is 0.417. The first-order valence-electron chi connectivity index (χ1n) is 10.6. The molecule has 2 aromatic rings. The lowest BCUT2D eigenvalue weighted by molar-refractivity contribution is 0.0940. The van der Waals surface area contributed by atoms with E-state index in [4.69, 9.17) is 0 Å². The molecule has 1 atom stereocenters. The minimum Gasteiger partial charge on any atom is -0.371 e. The summed E-state index contributed by atoms with van der Waals surface area (Å²) in [5.41, 5.74) is 3.17. The van der Waals surface area contributed by atoms with Crippen LogP contribution in [0.3, 0.4) is 0 Å². The maximum atomic E-state index is 13.3. The van der Waals surface area contributed by atoms with Crippen LogP contribution in [0.15, 0.2) is 48.5 Å². The summed E-state index contributed by atoms with van der Waals surface area (Å²) in [6.07, 6.45) is 2.22. The quantitative estimate of drug-likeness (QED) is 0.765. The largest absolute Gasteiger partial charge is 0.371 e. The summed E-state index contributed by atoms with van der Waals surface area (Å²) in [6, 6.07) is 15.2. The molecule has 0 aliphatic carbocycles. The van der Waals surface area contributed by atoms with Gasteiger partial charge in [0.05, 0.1) is 11.6 Å². The Labute approximate surface area is 179 Å². The zero-order chi connectivity index (χ0) is 21.7. The number of hydrogen-bond acceptors (Lipinski definition) is 3. The Hall–Kier alpha value is -3.02. The zero-order valence-corrected chi connectivity index (χ0v) is 18.3. The van der Waals surface area contributed by atoms with Crippen LogP contribution in [-0.2, 0) is 0 Å². The van der Waals surface area contributed by atoms with Gasteiger partial charge in [-0.05, 0) is 49.4 Å². The van der Waals surface area contributed by atoms with Gasteiger partial charge in [-0.25, -0.2) is 4.79 Å². The third kappa shape index (κ3) is 5.32. The van der Waals surface area contributed by atoms with Crippen molar-refractivity contribution in [2.24, 2.45) is 5.92 Å². The lowest BCUT2D eigenvalue weighted by atomic mass is 9.97. The van der Waals surface area contributed by atoms with Gasteiger partial charge >= 0.3 is 6.03 Å². The molecular formula is C24H32N4O2. The van der Waals surface area contributed by atoms with Crippen molar-refractivity contribution in [2.45, 2.75) is 32.7 Å². The van der Waals surface area contributed by atoms with Crippen molar-refractivity contribution in [1.82, 2.24) is 10.2 Å². The first-order valence-corrected chi connectivity index (χ1v) is 10.6. The third-order valence-corrected chi connectivity index (χ3v) is 5.67. The van der Waals surface area contributed by atoms with Crippen LogP contribution in [0, 0.1) is 5.92 Å². The highest BCUT2D eigenvalue weighted by Gasteiger charge is 2.23. The second-order valence-corrected chi connectivity index (χ2v) is 8.33. The summed E-state index contributed by atoms with van der Waals surface area (Å²) < 4.78 is 0. The van der Waals surface area contributed by atoms with Gasteiger partial charge in [0.25, 0.3) is 5.91 Å². The minimum absolute atomic E-state index is 0.118. The van der Waals surface area contributed by atoms with Crippen molar-refractivity contribution in [3.63, 3.8) is 0 Å². The summed E-state index contributed by atoms with van der Waals surface area (Å²) in [5.74, 6) is 0.566. The number of piperidine rings is 1. The van der Waals surface area contributed by atoms with Gasteiger partial charge in [0.1, 0.15) is 0 Å². The van der Waals surface area contributed by atoms with E-state index >= 15 is 0 Å². The number of anilines is 2. The zero-order valence-electron chi connectivity index (χ0n) is 18.3. The van der Waals surface area contributed by atoms with Gasteiger partial charge in [-0.15, -0.1) is 0 Å². The minimum atomic E-state index is -0.224. The summed E-state index contributed by atoms with van der Waals surface area (Å²) in [4.78, 5) is 29.1. The van der Waals surface area contributed by atoms with Crippen molar-refractivity contribution in [3.05, 3.63) is 59.7 Å². The molecule has 6 heteroatoms. The van der Waals surface area contributed by atoms with E-state index in [0.717, 1.165) is 37.2 Å². The molecule has 0 radical (unpaired) electrons. The van der Waals surface area contributed by atoms with Gasteiger partial charge in [-0.2, -0.15) is 0 Å². The van der Waals surface area contributed by atoms with Crippen LogP contribution >= 0.6 is 0 Å². The maximum absolute atomic E-state index is 13.3. The second kappa shape index (κ2) is 9.65. The predicted molar refractivity (Wildman–Crippen MR) is 122 cm³/mol. The molecule has 3 amide bonds. The Balaban J connectivity index is 1.87. The van der Waals surface area contributed by atoms with Crippen LogP contribution < -0.4 is 15.5 Å². The summed E-state index contributed by atoms with van der Waals surface area (Å²) in [6.45, 7) is 6.11. The van der Waals surface area contributed by atoms with Crippen LogP contribution in [0.4, 0.5) is 16.2 Å². The molecule has 2 aromatic carbocycles. The number of amides is 3. The molecule has 160 valence electrons. The number of carbonyl (C=O) groups excluding carboxylic acids is 2. The van der Waals surface area contributed by atoms with Crippen molar-refractivity contribution < 1.29 is 9.59 Å². The molecule has 6 nitrogen and oxygen atoms in total. The molecule has 2 N–H and O–H groups in total. The molecule has 1 fully saturated rings. The summed E-state index contributed by atoms with van der Waals surface area (Å²) in [7, 11) is 3.38. The van der Waals surface area contributed by atoms with E-state index in [1.165, 1.54) is 4.90 Å². The molecule has 0 saturated carbocycles. The molecule has 1 aliphatic rings. The number of rotatable bonds is 5. The molecule has 0 bridgehead atoms. The van der Waals surface area contributed by atoms with Gasteiger partial charge in [0.2, 0.25) is 0 Å². The molecule has 3 rings (SSSR count). The Morgan fingerprint density at radius 3 is 2.37 bits per heavy atom. The summed E-state index contributed by atoms with van der Waals surface area (Å²) >= 11 is 0. The fourth-order valence-electron chi connectivity index (χ4n) is 3.66. The lowest BCUT2D eigenvalue weighted by Gasteiger charge is -2.33. The Morgan fingerprint density at radius 1 is 1.07 bits per heavy atom. The highest BCUT2D eigenvalue weighted by Crippen LogP contribution is 2.29. The average Bonchev–Trinajstić information content (AvgIpc) is 2.75. The molecular weight excluding hydrogens is 376 g/mol. The summed E-state index contributed by atoms with van der Waals surface area (Å²) in [5, 5.41) is 5.96. The van der Waals surface area contributed by atoms with E-state index in [1.807, 2.05) is 49.4 Å². The van der Waals surface area contributed by atoms with Crippen molar-refractivity contribution in [2.75, 3.05) is 37.4 Å². The molecule has 0 spiro atoms. The predicted octanol–water partition coefficient (Wildman–Crippen LogP) is 4.51. The topological polar surface area (TPSA) is 64.7 Å². The molecule has 30 heavy (non-hydrogen) atoms. The molecule has 1 unspecified atom stereocenters. The van der Waals surface area contributed by atoms with Crippen LogP contribution in [0.5, 0.6) is 0 Å². The van der Waals surface area contributed by atoms with E-state index in [-0.39, 0.29) is 18.0 Å². The standard InChI is InChI=1S/C24H32N4O2/c1-17-12-14-28(15-13-17)22-11-10-20(26-24(30)27(3)4)16-21(22)23(29)25-18(2)19-8-6-5-7-9-19/h5-11,16-18H,12-15H2,1-4H3,(H,25,29)(H,26,30). The van der Waals surface area contributed by atoms with Crippen molar-refractivity contribution in [1.29, 1.82) is 0 Å². The van der Waals surface area contributed by atoms with Crippen molar-refractivity contribution in [3.8, 4) is 0 Å². The number of urea groups is 1. The SMILES string of the molecule is CC1CCN(c2ccc(NC(=O)N(C)C)cc2C(=O)NC(C)c2ccccc2)CC1. The molecule has 1 heterocycles. The average molecular weight is 409 g/mol. The number of hydrogen-bond donors (Lipinski definition) is 2. The van der Waals surface area contributed by atoms with Gasteiger partial charge in [0, 0.05) is 38.6 Å². The Kier molecular flexibility index (Phi) is 6.98. The Bertz CT molecular complexity index is 874. The lowest BCUT2D eigenvalue weighted by Crippen LogP contribution is -2.35. The second-order valence-electron chi connectivity index (χ2n) is 8.33. The van der Waals surface area contributed by atoms with E-state index < -0.39 is 0 Å². The normalized spacial score (nSPS) is 15.4. The molecule has 1 saturated heterocycles. The smallest absolute Gasteiger partial charge is 0.321 e. The van der Waals surface area contributed by atoms with E-state index in [2.05, 4.69) is 22.5 Å². The van der Waals surface area contributed by atoms with E-state index in [9.17, 15) is 9.59 Å². The highest BCUT2D eigenvalue weighted by molar-refractivity contribution is 6.02. The number of nitrogens with zero attached hydrogens (tertiary/aromatic N) is 2. The highest BCUT2D eigenvalue weighted by atomic mass is 16.2. The van der Waals surface area contributed by atoms with Gasteiger partial charge in [-0.3, -0.25) is 4.79 Å². The first-order chi connectivity index (χ1) is 14.3. The van der Waals surface area contributed by atoms with Gasteiger partial charge in [-0.1, -0.05) is 37.3 Å². The maximum Gasteiger partial charge on any atom is 0.321 e. The van der Waals surface area contributed by atoms with Crippen LogP contribution in [0.2, 0.25) is 0 Å². The first kappa shape index (κ1) is 21.7. The van der Waals surface area contributed by atoms with Gasteiger partial charge in [0.15, 0.2) is 0 Å². The van der Waals surface area contributed by atoms with E-state index in [1.54, 1.807) is 20.2 Å². The Morgan fingerprint density at radius 2 is 1.73 bits per heavy atom. The molecule has 1 aliphatic heterocycles. The van der Waals surface area contributed by atoms with Crippen LogP contribution in [-0.4, -0.2) is 44.0 Å². The number of carbonyl (C=O) groups is 2.